The van der Waals surface area contributed by atoms with Crippen molar-refractivity contribution < 1.29 is 4.79 Å². The van der Waals surface area contributed by atoms with Crippen molar-refractivity contribution in [2.75, 3.05) is 0 Å². The van der Waals surface area contributed by atoms with Crippen LogP contribution >= 0.6 is 0 Å². The lowest BCUT2D eigenvalue weighted by Crippen LogP contribution is -2.53. The molecule has 1 fully saturated rings. The summed E-state index contributed by atoms with van der Waals surface area (Å²) in [6, 6.07) is 0. The topological polar surface area (TPSA) is 43.1 Å². The molecule has 0 spiro atoms. The number of hydrogen-bond acceptors (Lipinski definition) is 2. The summed E-state index contributed by atoms with van der Waals surface area (Å²) in [7, 11) is 0. The number of Topliss-reactive ketones (excluding diaryl/α,β-unsaturated/α-hetero) is 1. The Balaban J connectivity index is 2.34. The average molecular weight is 211 g/mol. The van der Waals surface area contributed by atoms with Crippen LogP contribution in [0.5, 0.6) is 0 Å². The van der Waals surface area contributed by atoms with Gasteiger partial charge in [-0.25, -0.2) is 0 Å². The fourth-order valence-electron chi connectivity index (χ4n) is 2.25. The van der Waals surface area contributed by atoms with E-state index in [1.165, 1.54) is 19.3 Å². The summed E-state index contributed by atoms with van der Waals surface area (Å²) in [5, 5.41) is 0. The third kappa shape index (κ3) is 3.30. The maximum atomic E-state index is 12.0. The summed E-state index contributed by atoms with van der Waals surface area (Å²) < 4.78 is 0. The zero-order valence-corrected chi connectivity index (χ0v) is 10.2. The fourth-order valence-corrected chi connectivity index (χ4v) is 2.25. The van der Waals surface area contributed by atoms with Crippen LogP contribution in [0, 0.1) is 5.92 Å². The maximum Gasteiger partial charge on any atom is 0.152 e. The second-order valence-electron chi connectivity index (χ2n) is 5.05. The minimum Gasteiger partial charge on any atom is -0.319 e. The molecule has 2 heteroatoms. The molecule has 1 saturated carbocycles. The predicted octanol–water partition coefficient (Wildman–Crippen LogP) is 3.04. The Hall–Kier alpha value is -0.370. The van der Waals surface area contributed by atoms with Crippen LogP contribution in [0.4, 0.5) is 0 Å². The molecule has 1 unspecified atom stereocenters. The zero-order chi connectivity index (χ0) is 11.3. The van der Waals surface area contributed by atoms with Gasteiger partial charge in [-0.05, 0) is 25.2 Å². The van der Waals surface area contributed by atoms with Crippen LogP contribution < -0.4 is 5.73 Å². The Kier molecular flexibility index (Phi) is 4.78. The Labute approximate surface area is 93.6 Å². The highest BCUT2D eigenvalue weighted by Crippen LogP contribution is 2.32. The van der Waals surface area contributed by atoms with E-state index >= 15 is 0 Å². The number of hydrogen-bond donors (Lipinski definition) is 1. The van der Waals surface area contributed by atoms with Gasteiger partial charge in [-0.3, -0.25) is 4.79 Å². The molecule has 0 aromatic heterocycles. The van der Waals surface area contributed by atoms with Crippen molar-refractivity contribution in [3.63, 3.8) is 0 Å². The molecule has 0 heterocycles. The van der Waals surface area contributed by atoms with Crippen LogP contribution in [0.1, 0.15) is 65.2 Å². The van der Waals surface area contributed by atoms with Crippen LogP contribution in [-0.4, -0.2) is 11.3 Å². The minimum absolute atomic E-state index is 0.316. The normalized spacial score (nSPS) is 20.7. The summed E-state index contributed by atoms with van der Waals surface area (Å²) in [5.41, 5.74) is 5.60. The molecule has 0 aliphatic heterocycles. The van der Waals surface area contributed by atoms with E-state index in [1.54, 1.807) is 0 Å². The molecule has 1 rings (SSSR count). The van der Waals surface area contributed by atoms with E-state index < -0.39 is 5.54 Å². The van der Waals surface area contributed by atoms with E-state index in [0.29, 0.717) is 18.1 Å². The fraction of sp³-hybridized carbons (Fsp3) is 0.923. The maximum absolute atomic E-state index is 12.0. The molecule has 0 saturated heterocycles. The quantitative estimate of drug-likeness (QED) is 0.703. The van der Waals surface area contributed by atoms with E-state index in [-0.39, 0.29) is 0 Å². The first-order valence-electron chi connectivity index (χ1n) is 6.44. The molecule has 0 radical (unpaired) electrons. The Morgan fingerprint density at radius 1 is 1.40 bits per heavy atom. The molecular weight excluding hydrogens is 186 g/mol. The van der Waals surface area contributed by atoms with Crippen LogP contribution in [-0.2, 0) is 4.79 Å². The van der Waals surface area contributed by atoms with Gasteiger partial charge >= 0.3 is 0 Å². The second-order valence-corrected chi connectivity index (χ2v) is 5.05. The Bertz CT molecular complexity index is 209. The second kappa shape index (κ2) is 5.64. The van der Waals surface area contributed by atoms with Crippen molar-refractivity contribution in [2.45, 2.75) is 70.8 Å². The number of unbranched alkanes of at least 4 members (excludes halogenated alkanes) is 1. The molecular formula is C13H25NO. The van der Waals surface area contributed by atoms with Crippen LogP contribution in [0.3, 0.4) is 0 Å². The van der Waals surface area contributed by atoms with Crippen LogP contribution in [0.15, 0.2) is 0 Å². The van der Waals surface area contributed by atoms with Gasteiger partial charge in [-0.1, -0.05) is 39.5 Å². The van der Waals surface area contributed by atoms with Gasteiger partial charge in [0.2, 0.25) is 0 Å². The minimum atomic E-state index is -0.431. The monoisotopic (exact) mass is 211 g/mol. The van der Waals surface area contributed by atoms with Crippen molar-refractivity contribution in [3.8, 4) is 0 Å². The van der Waals surface area contributed by atoms with Crippen molar-refractivity contribution in [2.24, 2.45) is 11.7 Å². The summed E-state index contributed by atoms with van der Waals surface area (Å²) in [6.07, 6.45) is 8.44. The highest BCUT2D eigenvalue weighted by atomic mass is 16.1. The number of carbonyl (C=O) groups excluding carboxylic acids is 1. The Morgan fingerprint density at radius 2 is 2.07 bits per heavy atom. The van der Waals surface area contributed by atoms with E-state index in [9.17, 15) is 4.79 Å². The largest absolute Gasteiger partial charge is 0.319 e. The molecule has 2 nitrogen and oxygen atoms in total. The highest BCUT2D eigenvalue weighted by Gasteiger charge is 2.39. The highest BCUT2D eigenvalue weighted by molar-refractivity contribution is 5.89. The summed E-state index contributed by atoms with van der Waals surface area (Å²) >= 11 is 0. The number of ketones is 1. The van der Waals surface area contributed by atoms with Crippen molar-refractivity contribution in [1.82, 2.24) is 0 Å². The first-order chi connectivity index (χ1) is 7.12. The molecule has 0 aromatic rings. The van der Waals surface area contributed by atoms with Gasteiger partial charge in [0.25, 0.3) is 0 Å². The lowest BCUT2D eigenvalue weighted by Gasteiger charge is -2.37. The van der Waals surface area contributed by atoms with Gasteiger partial charge in [0.1, 0.15) is 0 Å². The number of rotatable bonds is 7. The third-order valence-corrected chi connectivity index (χ3v) is 3.82. The molecule has 88 valence electrons. The molecule has 0 bridgehead atoms. The number of nitrogens with two attached hydrogens (primary N) is 1. The molecule has 15 heavy (non-hydrogen) atoms. The smallest absolute Gasteiger partial charge is 0.152 e. The number of carbonyl (C=O) groups is 1. The molecule has 1 atom stereocenters. The predicted molar refractivity (Wildman–Crippen MR) is 63.7 cm³/mol. The summed E-state index contributed by atoms with van der Waals surface area (Å²) in [6.45, 7) is 4.38. The van der Waals surface area contributed by atoms with E-state index in [1.807, 2.05) is 0 Å². The molecule has 0 amide bonds. The molecule has 1 aliphatic carbocycles. The first-order valence-corrected chi connectivity index (χ1v) is 6.44. The van der Waals surface area contributed by atoms with E-state index in [0.717, 1.165) is 25.7 Å². The summed E-state index contributed by atoms with van der Waals surface area (Å²) in [4.78, 5) is 12.0. The van der Waals surface area contributed by atoms with Gasteiger partial charge in [0, 0.05) is 6.42 Å². The van der Waals surface area contributed by atoms with Gasteiger partial charge in [-0.15, -0.1) is 0 Å². The van der Waals surface area contributed by atoms with E-state index in [2.05, 4.69) is 13.8 Å². The van der Waals surface area contributed by atoms with Crippen molar-refractivity contribution >= 4 is 5.78 Å². The third-order valence-electron chi connectivity index (χ3n) is 3.82. The SMILES string of the molecule is CCCCC(CC)CC(=O)C1(N)CCC1. The van der Waals surface area contributed by atoms with Crippen LogP contribution in [0.2, 0.25) is 0 Å². The van der Waals surface area contributed by atoms with Gasteiger partial charge in [0.15, 0.2) is 5.78 Å². The summed E-state index contributed by atoms with van der Waals surface area (Å²) in [5.74, 6) is 0.884. The van der Waals surface area contributed by atoms with Crippen molar-refractivity contribution in [1.29, 1.82) is 0 Å². The lowest BCUT2D eigenvalue weighted by molar-refractivity contribution is -0.128. The standard InChI is InChI=1S/C13H25NO/c1-3-5-7-11(4-2)10-12(15)13(14)8-6-9-13/h11H,3-10,14H2,1-2H3. The first kappa shape index (κ1) is 12.7. The average Bonchev–Trinajstić information content (AvgIpc) is 2.20. The molecule has 0 aromatic carbocycles. The molecule has 2 N–H and O–H groups in total. The lowest BCUT2D eigenvalue weighted by atomic mass is 9.72. The zero-order valence-electron chi connectivity index (χ0n) is 10.2. The van der Waals surface area contributed by atoms with Gasteiger partial charge in [0.05, 0.1) is 5.54 Å². The van der Waals surface area contributed by atoms with E-state index in [4.69, 9.17) is 5.73 Å². The van der Waals surface area contributed by atoms with Gasteiger partial charge < -0.3 is 5.73 Å². The molecule has 1 aliphatic rings. The Morgan fingerprint density at radius 3 is 2.47 bits per heavy atom. The van der Waals surface area contributed by atoms with Crippen LogP contribution in [0.25, 0.3) is 0 Å². The van der Waals surface area contributed by atoms with Crippen molar-refractivity contribution in [3.05, 3.63) is 0 Å². The van der Waals surface area contributed by atoms with Gasteiger partial charge in [-0.2, -0.15) is 0 Å².